The van der Waals surface area contributed by atoms with Gasteiger partial charge in [0.25, 0.3) is 5.91 Å². The van der Waals surface area contributed by atoms with Gasteiger partial charge < -0.3 is 14.2 Å². The van der Waals surface area contributed by atoms with Gasteiger partial charge in [-0.3, -0.25) is 19.4 Å². The minimum absolute atomic E-state index is 0.0653. The second-order valence-electron chi connectivity index (χ2n) is 11.9. The molecule has 4 amide bonds. The Balaban J connectivity index is 1.27. The summed E-state index contributed by atoms with van der Waals surface area (Å²) in [4.78, 5) is 49.6. The number of piperidine rings is 1. The number of para-hydroxylation sites is 1. The number of halogens is 1. The Labute approximate surface area is 255 Å². The van der Waals surface area contributed by atoms with Crippen LogP contribution in [0.1, 0.15) is 45.0 Å². The molecular weight excluding hydrogens is 561 g/mol. The van der Waals surface area contributed by atoms with E-state index >= 15 is 0 Å². The van der Waals surface area contributed by atoms with Gasteiger partial charge in [-0.1, -0.05) is 32.0 Å². The molecule has 0 radical (unpaired) electrons. The number of nitrogens with zero attached hydrogens (tertiary/aromatic N) is 5. The Morgan fingerprint density at radius 1 is 0.977 bits per heavy atom. The number of benzene rings is 3. The molecule has 3 aromatic carbocycles. The SMILES string of the molecule is CC(C)C(=O)N1CCC(C[C@@H](c2nc3cc(F)ccc3n2C)N2C(=O)CN(c3ccc(Oc4ccccc4)cc3)C2=O)CC1. The summed E-state index contributed by atoms with van der Waals surface area (Å²) in [5, 5.41) is 0. The summed E-state index contributed by atoms with van der Waals surface area (Å²) in [6.07, 6.45) is 2.02. The topological polar surface area (TPSA) is 88.0 Å². The highest BCUT2D eigenvalue weighted by molar-refractivity contribution is 6.12. The van der Waals surface area contributed by atoms with Gasteiger partial charge in [0, 0.05) is 37.8 Å². The molecule has 0 bridgehead atoms. The Morgan fingerprint density at radius 3 is 2.34 bits per heavy atom. The first-order valence-corrected chi connectivity index (χ1v) is 15.1. The number of anilines is 1. The van der Waals surface area contributed by atoms with Crippen LogP contribution in [0.25, 0.3) is 11.0 Å². The molecule has 0 spiro atoms. The minimum atomic E-state index is -0.654. The number of amides is 4. The summed E-state index contributed by atoms with van der Waals surface area (Å²) in [6.45, 7) is 4.97. The van der Waals surface area contributed by atoms with Gasteiger partial charge in [-0.15, -0.1) is 0 Å². The van der Waals surface area contributed by atoms with Crippen LogP contribution in [0.4, 0.5) is 14.9 Å². The van der Waals surface area contributed by atoms with E-state index in [4.69, 9.17) is 9.72 Å². The van der Waals surface area contributed by atoms with E-state index in [1.807, 2.05) is 60.7 Å². The van der Waals surface area contributed by atoms with Crippen molar-refractivity contribution < 1.29 is 23.5 Å². The number of hydrogen-bond acceptors (Lipinski definition) is 5. The lowest BCUT2D eigenvalue weighted by Gasteiger charge is -2.36. The molecule has 0 aliphatic carbocycles. The average molecular weight is 598 g/mol. The van der Waals surface area contributed by atoms with Crippen LogP contribution in [0.2, 0.25) is 0 Å². The standard InChI is InChI=1S/C34H36FN5O4/c1-22(2)33(42)38-17-15-23(16-18-38)19-30(32-36-28-20-24(35)9-14-29(28)37(32)3)40-31(41)21-39(34(40)43)25-10-12-27(13-11-25)44-26-7-5-4-6-8-26/h4-14,20,22-23,30H,15-19,21H2,1-3H3/t30-/m0/s1. The molecule has 2 aliphatic heterocycles. The number of carbonyl (C=O) groups is 3. The predicted octanol–water partition coefficient (Wildman–Crippen LogP) is 6.30. The molecule has 4 aromatic rings. The fourth-order valence-electron chi connectivity index (χ4n) is 6.23. The molecule has 0 saturated carbocycles. The maximum Gasteiger partial charge on any atom is 0.332 e. The molecule has 2 saturated heterocycles. The van der Waals surface area contributed by atoms with Gasteiger partial charge in [0.2, 0.25) is 5.91 Å². The third-order valence-corrected chi connectivity index (χ3v) is 8.59. The van der Waals surface area contributed by atoms with Crippen molar-refractivity contribution in [2.45, 2.75) is 39.2 Å². The fourth-order valence-corrected chi connectivity index (χ4v) is 6.23. The Kier molecular flexibility index (Phi) is 8.07. The van der Waals surface area contributed by atoms with E-state index in [-0.39, 0.29) is 30.2 Å². The maximum absolute atomic E-state index is 14.1. The van der Waals surface area contributed by atoms with Crippen molar-refractivity contribution in [1.29, 1.82) is 0 Å². The fraction of sp³-hybridized carbons (Fsp3) is 0.353. The van der Waals surface area contributed by atoms with Crippen LogP contribution in [-0.2, 0) is 16.6 Å². The van der Waals surface area contributed by atoms with E-state index in [2.05, 4.69) is 0 Å². The van der Waals surface area contributed by atoms with Crippen LogP contribution in [-0.4, -0.2) is 56.8 Å². The van der Waals surface area contributed by atoms with Gasteiger partial charge >= 0.3 is 6.03 Å². The lowest BCUT2D eigenvalue weighted by Crippen LogP contribution is -2.42. The summed E-state index contributed by atoms with van der Waals surface area (Å²) in [7, 11) is 1.83. The molecular formula is C34H36FN5O4. The number of imidazole rings is 1. The number of likely N-dealkylation sites (tertiary alicyclic amines) is 1. The monoisotopic (exact) mass is 597 g/mol. The molecule has 3 heterocycles. The molecule has 0 N–H and O–H groups in total. The highest BCUT2D eigenvalue weighted by Crippen LogP contribution is 2.37. The molecule has 2 fully saturated rings. The number of ether oxygens (including phenoxy) is 1. The molecule has 0 unspecified atom stereocenters. The van der Waals surface area contributed by atoms with Crippen LogP contribution in [0.5, 0.6) is 11.5 Å². The van der Waals surface area contributed by atoms with Gasteiger partial charge in [0.15, 0.2) is 0 Å². The van der Waals surface area contributed by atoms with Crippen molar-refractivity contribution in [2.24, 2.45) is 18.9 Å². The van der Waals surface area contributed by atoms with Crippen LogP contribution in [0, 0.1) is 17.7 Å². The molecule has 2 aliphatic rings. The zero-order valence-corrected chi connectivity index (χ0v) is 25.1. The largest absolute Gasteiger partial charge is 0.457 e. The molecule has 9 nitrogen and oxygen atoms in total. The average Bonchev–Trinajstić information content (AvgIpc) is 3.50. The molecule has 1 atom stereocenters. The van der Waals surface area contributed by atoms with Crippen molar-refractivity contribution >= 4 is 34.6 Å². The van der Waals surface area contributed by atoms with Gasteiger partial charge in [-0.25, -0.2) is 14.2 Å². The molecule has 10 heteroatoms. The second-order valence-corrected chi connectivity index (χ2v) is 11.9. The summed E-state index contributed by atoms with van der Waals surface area (Å²) in [5.74, 6) is 1.35. The zero-order valence-electron chi connectivity index (χ0n) is 25.1. The number of hydrogen-bond donors (Lipinski definition) is 0. The van der Waals surface area contributed by atoms with Crippen LogP contribution in [0.15, 0.2) is 72.8 Å². The smallest absolute Gasteiger partial charge is 0.332 e. The van der Waals surface area contributed by atoms with Crippen molar-refractivity contribution in [1.82, 2.24) is 19.4 Å². The molecule has 44 heavy (non-hydrogen) atoms. The van der Waals surface area contributed by atoms with E-state index in [0.717, 1.165) is 12.8 Å². The normalized spacial score (nSPS) is 16.8. The predicted molar refractivity (Wildman–Crippen MR) is 165 cm³/mol. The number of aryl methyl sites for hydroxylation is 1. The van der Waals surface area contributed by atoms with Gasteiger partial charge in [0.1, 0.15) is 29.7 Å². The Bertz CT molecular complexity index is 1680. The molecule has 1 aromatic heterocycles. The van der Waals surface area contributed by atoms with Gasteiger partial charge in [0.05, 0.1) is 17.1 Å². The Morgan fingerprint density at radius 2 is 1.66 bits per heavy atom. The number of rotatable bonds is 8. The third-order valence-electron chi connectivity index (χ3n) is 8.59. The summed E-state index contributed by atoms with van der Waals surface area (Å²) >= 11 is 0. The number of urea groups is 1. The highest BCUT2D eigenvalue weighted by Gasteiger charge is 2.44. The van der Waals surface area contributed by atoms with Crippen LogP contribution < -0.4 is 9.64 Å². The zero-order chi connectivity index (χ0) is 31.0. The first-order chi connectivity index (χ1) is 21.2. The molecule has 6 rings (SSSR count). The summed E-state index contributed by atoms with van der Waals surface area (Å²) < 4.78 is 21.8. The van der Waals surface area contributed by atoms with E-state index in [9.17, 15) is 18.8 Å². The van der Waals surface area contributed by atoms with E-state index in [1.54, 1.807) is 30.3 Å². The maximum atomic E-state index is 14.1. The Hall–Kier alpha value is -4.73. The number of aromatic nitrogens is 2. The van der Waals surface area contributed by atoms with Crippen molar-refractivity contribution in [3.8, 4) is 11.5 Å². The second kappa shape index (κ2) is 12.1. The number of imide groups is 1. The number of fused-ring (bicyclic) bond motifs is 1. The quantitative estimate of drug-likeness (QED) is 0.223. The van der Waals surface area contributed by atoms with Crippen LogP contribution in [0.3, 0.4) is 0 Å². The lowest BCUT2D eigenvalue weighted by atomic mass is 9.89. The first-order valence-electron chi connectivity index (χ1n) is 15.1. The first kappa shape index (κ1) is 29.3. The highest BCUT2D eigenvalue weighted by atomic mass is 19.1. The van der Waals surface area contributed by atoms with Crippen molar-refractivity contribution in [3.63, 3.8) is 0 Å². The molecule has 228 valence electrons. The van der Waals surface area contributed by atoms with Gasteiger partial charge in [-0.2, -0.15) is 0 Å². The van der Waals surface area contributed by atoms with Crippen LogP contribution >= 0.6 is 0 Å². The number of carbonyl (C=O) groups excluding carboxylic acids is 3. The van der Waals surface area contributed by atoms with E-state index < -0.39 is 17.9 Å². The third kappa shape index (κ3) is 5.76. The van der Waals surface area contributed by atoms with Crippen molar-refractivity contribution in [3.05, 3.63) is 84.4 Å². The van der Waals surface area contributed by atoms with Crippen molar-refractivity contribution in [2.75, 3.05) is 24.5 Å². The van der Waals surface area contributed by atoms with E-state index in [0.29, 0.717) is 53.6 Å². The summed E-state index contributed by atoms with van der Waals surface area (Å²) in [6, 6.07) is 19.8. The summed E-state index contributed by atoms with van der Waals surface area (Å²) in [5.41, 5.74) is 1.76. The van der Waals surface area contributed by atoms with E-state index in [1.165, 1.54) is 21.9 Å². The van der Waals surface area contributed by atoms with Gasteiger partial charge in [-0.05, 0) is 73.7 Å². The lowest BCUT2D eigenvalue weighted by molar-refractivity contribution is -0.135. The minimum Gasteiger partial charge on any atom is -0.457 e.